The van der Waals surface area contributed by atoms with Gasteiger partial charge in [-0.3, -0.25) is 9.78 Å². The van der Waals surface area contributed by atoms with Gasteiger partial charge in [-0.25, -0.2) is 0 Å². The monoisotopic (exact) mass is 206 g/mol. The third kappa shape index (κ3) is 3.70. The number of hydrogen-bond donors (Lipinski definition) is 0. The first kappa shape index (κ1) is 11.7. The molecule has 0 aromatic carbocycles. The third-order valence-electron chi connectivity index (χ3n) is 2.28. The number of nitrogens with zero attached hydrogens (tertiary/aromatic N) is 2. The van der Waals surface area contributed by atoms with Crippen molar-refractivity contribution in [1.82, 2.24) is 9.88 Å². The molecule has 0 fully saturated rings. The van der Waals surface area contributed by atoms with Crippen molar-refractivity contribution >= 4 is 5.91 Å². The summed E-state index contributed by atoms with van der Waals surface area (Å²) in [5.74, 6) is 0.123. The molecule has 1 amide bonds. The zero-order valence-electron chi connectivity index (χ0n) is 9.66. The Labute approximate surface area is 91.1 Å². The van der Waals surface area contributed by atoms with Crippen molar-refractivity contribution in [2.75, 3.05) is 6.54 Å². The molecular weight excluding hydrogens is 188 g/mol. The van der Waals surface area contributed by atoms with Crippen LogP contribution < -0.4 is 0 Å². The summed E-state index contributed by atoms with van der Waals surface area (Å²) in [5.41, 5.74) is 2.09. The van der Waals surface area contributed by atoms with E-state index in [-0.39, 0.29) is 5.91 Å². The zero-order chi connectivity index (χ0) is 11.3. The molecule has 0 aliphatic carbocycles. The molecule has 15 heavy (non-hydrogen) atoms. The summed E-state index contributed by atoms with van der Waals surface area (Å²) in [6.45, 7) is 7.11. The van der Waals surface area contributed by atoms with Crippen LogP contribution >= 0.6 is 0 Å². The van der Waals surface area contributed by atoms with Gasteiger partial charge in [0.05, 0.1) is 0 Å². The van der Waals surface area contributed by atoms with Crippen LogP contribution in [0.2, 0.25) is 0 Å². The second-order valence-corrected chi connectivity index (χ2v) is 3.75. The van der Waals surface area contributed by atoms with E-state index in [0.29, 0.717) is 6.54 Å². The summed E-state index contributed by atoms with van der Waals surface area (Å²) >= 11 is 0. The van der Waals surface area contributed by atoms with Crippen LogP contribution in [0.3, 0.4) is 0 Å². The third-order valence-corrected chi connectivity index (χ3v) is 2.28. The van der Waals surface area contributed by atoms with E-state index in [4.69, 9.17) is 0 Å². The molecule has 0 aliphatic rings. The van der Waals surface area contributed by atoms with E-state index >= 15 is 0 Å². The number of aromatic nitrogens is 1. The van der Waals surface area contributed by atoms with Crippen LogP contribution in [0.15, 0.2) is 18.3 Å². The average molecular weight is 206 g/mol. The lowest BCUT2D eigenvalue weighted by Gasteiger charge is -2.20. The number of pyridine rings is 1. The van der Waals surface area contributed by atoms with Crippen molar-refractivity contribution in [3.05, 3.63) is 29.6 Å². The van der Waals surface area contributed by atoms with Crippen LogP contribution in [-0.4, -0.2) is 22.3 Å². The minimum atomic E-state index is 0.123. The predicted molar refractivity (Wildman–Crippen MR) is 60.4 cm³/mol. The Bertz CT molecular complexity index is 319. The van der Waals surface area contributed by atoms with Crippen LogP contribution in [0.5, 0.6) is 0 Å². The maximum atomic E-state index is 11.3. The number of aryl methyl sites for hydroxylation is 1. The molecule has 1 heterocycles. The summed E-state index contributed by atoms with van der Waals surface area (Å²) in [6, 6.07) is 3.99. The molecule has 3 nitrogen and oxygen atoms in total. The van der Waals surface area contributed by atoms with Gasteiger partial charge < -0.3 is 4.90 Å². The Morgan fingerprint density at radius 3 is 2.67 bits per heavy atom. The Hall–Kier alpha value is -1.38. The summed E-state index contributed by atoms with van der Waals surface area (Å²) < 4.78 is 0. The highest BCUT2D eigenvalue weighted by molar-refractivity contribution is 5.73. The molecular formula is C12H18N2O. The molecule has 3 heteroatoms. The molecule has 0 radical (unpaired) electrons. The topological polar surface area (TPSA) is 33.2 Å². The Morgan fingerprint density at radius 1 is 1.47 bits per heavy atom. The van der Waals surface area contributed by atoms with E-state index in [1.807, 2.05) is 30.2 Å². The van der Waals surface area contributed by atoms with E-state index in [9.17, 15) is 4.79 Å². The van der Waals surface area contributed by atoms with Crippen LogP contribution in [-0.2, 0) is 11.3 Å². The molecule has 0 N–H and O–H groups in total. The first-order chi connectivity index (χ1) is 7.13. The van der Waals surface area contributed by atoms with Gasteiger partial charge in [-0.05, 0) is 25.0 Å². The Morgan fingerprint density at radius 2 is 2.20 bits per heavy atom. The van der Waals surface area contributed by atoms with Crippen LogP contribution in [0.4, 0.5) is 0 Å². The van der Waals surface area contributed by atoms with E-state index in [0.717, 1.165) is 24.2 Å². The zero-order valence-corrected chi connectivity index (χ0v) is 9.66. The van der Waals surface area contributed by atoms with Gasteiger partial charge in [0.1, 0.15) is 0 Å². The maximum Gasteiger partial charge on any atom is 0.219 e. The first-order valence-corrected chi connectivity index (χ1v) is 5.30. The van der Waals surface area contributed by atoms with Gasteiger partial charge >= 0.3 is 0 Å². The molecule has 0 saturated heterocycles. The Balaban J connectivity index is 2.65. The SMILES string of the molecule is CCCN(Cc1ccc(C)nc1)C(C)=O. The number of amides is 1. The van der Waals surface area contributed by atoms with E-state index in [1.165, 1.54) is 0 Å². The first-order valence-electron chi connectivity index (χ1n) is 5.30. The molecule has 0 bridgehead atoms. The standard InChI is InChI=1S/C12H18N2O/c1-4-7-14(11(3)15)9-12-6-5-10(2)13-8-12/h5-6,8H,4,7,9H2,1-3H3. The molecule has 1 rings (SSSR count). The molecule has 0 aliphatic heterocycles. The van der Waals surface area contributed by atoms with Crippen molar-refractivity contribution in [3.63, 3.8) is 0 Å². The fourth-order valence-electron chi connectivity index (χ4n) is 1.43. The number of hydrogen-bond acceptors (Lipinski definition) is 2. The van der Waals surface area contributed by atoms with Gasteiger partial charge in [0.25, 0.3) is 0 Å². The van der Waals surface area contributed by atoms with Gasteiger partial charge in [0.2, 0.25) is 5.91 Å². The van der Waals surface area contributed by atoms with Crippen LogP contribution in [0, 0.1) is 6.92 Å². The molecule has 0 unspecified atom stereocenters. The summed E-state index contributed by atoms with van der Waals surface area (Å²) in [4.78, 5) is 17.4. The lowest BCUT2D eigenvalue weighted by molar-refractivity contribution is -0.129. The molecule has 0 saturated carbocycles. The molecule has 0 spiro atoms. The quantitative estimate of drug-likeness (QED) is 0.756. The van der Waals surface area contributed by atoms with Crippen molar-refractivity contribution in [3.8, 4) is 0 Å². The van der Waals surface area contributed by atoms with Crippen molar-refractivity contribution in [2.45, 2.75) is 33.7 Å². The number of carbonyl (C=O) groups excluding carboxylic acids is 1. The van der Waals surface area contributed by atoms with Crippen molar-refractivity contribution in [2.24, 2.45) is 0 Å². The van der Waals surface area contributed by atoms with Crippen molar-refractivity contribution < 1.29 is 4.79 Å². The summed E-state index contributed by atoms with van der Waals surface area (Å²) in [7, 11) is 0. The fraction of sp³-hybridized carbons (Fsp3) is 0.500. The van der Waals surface area contributed by atoms with E-state index < -0.39 is 0 Å². The van der Waals surface area contributed by atoms with E-state index in [2.05, 4.69) is 11.9 Å². The minimum absolute atomic E-state index is 0.123. The lowest BCUT2D eigenvalue weighted by Crippen LogP contribution is -2.28. The van der Waals surface area contributed by atoms with Gasteiger partial charge in [-0.15, -0.1) is 0 Å². The smallest absolute Gasteiger partial charge is 0.219 e. The second-order valence-electron chi connectivity index (χ2n) is 3.75. The molecule has 1 aromatic rings. The summed E-state index contributed by atoms with van der Waals surface area (Å²) in [6.07, 6.45) is 2.82. The van der Waals surface area contributed by atoms with E-state index in [1.54, 1.807) is 6.92 Å². The highest BCUT2D eigenvalue weighted by atomic mass is 16.2. The van der Waals surface area contributed by atoms with Crippen LogP contribution in [0.1, 0.15) is 31.5 Å². The van der Waals surface area contributed by atoms with Gasteiger partial charge in [0.15, 0.2) is 0 Å². The van der Waals surface area contributed by atoms with Gasteiger partial charge in [-0.1, -0.05) is 13.0 Å². The van der Waals surface area contributed by atoms with Gasteiger partial charge in [-0.2, -0.15) is 0 Å². The lowest BCUT2D eigenvalue weighted by atomic mass is 10.2. The Kier molecular flexibility index (Phi) is 4.28. The van der Waals surface area contributed by atoms with Crippen molar-refractivity contribution in [1.29, 1.82) is 0 Å². The molecule has 0 atom stereocenters. The minimum Gasteiger partial charge on any atom is -0.339 e. The number of rotatable bonds is 4. The molecule has 82 valence electrons. The highest BCUT2D eigenvalue weighted by Crippen LogP contribution is 2.05. The summed E-state index contributed by atoms with van der Waals surface area (Å²) in [5, 5.41) is 0. The number of carbonyl (C=O) groups is 1. The van der Waals surface area contributed by atoms with Gasteiger partial charge in [0, 0.05) is 31.9 Å². The fourth-order valence-corrected chi connectivity index (χ4v) is 1.43. The largest absolute Gasteiger partial charge is 0.339 e. The molecule has 1 aromatic heterocycles. The predicted octanol–water partition coefficient (Wildman–Crippen LogP) is 2.15. The average Bonchev–Trinajstić information content (AvgIpc) is 2.20. The maximum absolute atomic E-state index is 11.3. The highest BCUT2D eigenvalue weighted by Gasteiger charge is 2.07. The van der Waals surface area contributed by atoms with Crippen LogP contribution in [0.25, 0.3) is 0 Å². The normalized spacial score (nSPS) is 10.1. The second kappa shape index (κ2) is 5.49.